The molecular formula is C16H24N2O6S. The number of amides is 1. The number of sulfonamides is 1. The highest BCUT2D eigenvalue weighted by atomic mass is 32.2. The molecule has 25 heavy (non-hydrogen) atoms. The topological polar surface area (TPSA) is 94.2 Å². The van der Waals surface area contributed by atoms with Gasteiger partial charge in [0.2, 0.25) is 15.9 Å². The molecule has 1 aromatic rings. The van der Waals surface area contributed by atoms with E-state index in [4.69, 9.17) is 14.2 Å². The molecule has 8 nitrogen and oxygen atoms in total. The number of carbonyl (C=O) groups excluding carboxylic acids is 1. The summed E-state index contributed by atoms with van der Waals surface area (Å²) < 4.78 is 42.9. The van der Waals surface area contributed by atoms with Gasteiger partial charge in [0.1, 0.15) is 12.4 Å². The Morgan fingerprint density at radius 1 is 1.32 bits per heavy atom. The number of morpholine rings is 1. The first kappa shape index (κ1) is 19.6. The first-order valence-corrected chi connectivity index (χ1v) is 9.55. The molecule has 0 aliphatic carbocycles. The molecule has 1 atom stereocenters. The maximum Gasteiger partial charge on any atom is 0.248 e. The number of rotatable bonds is 9. The number of carbonyl (C=O) groups is 1. The first-order valence-electron chi connectivity index (χ1n) is 8.07. The molecule has 0 saturated carbocycles. The molecule has 2 rings (SSSR count). The second-order valence-corrected chi connectivity index (χ2v) is 7.29. The summed E-state index contributed by atoms with van der Waals surface area (Å²) in [7, 11) is -2.09. The average Bonchev–Trinajstić information content (AvgIpc) is 2.61. The van der Waals surface area contributed by atoms with E-state index in [1.807, 2.05) is 6.92 Å². The molecule has 9 heteroatoms. The third-order valence-corrected chi connectivity index (χ3v) is 5.17. The lowest BCUT2D eigenvalue weighted by Gasteiger charge is -2.32. The Hall–Kier alpha value is -1.68. The van der Waals surface area contributed by atoms with Gasteiger partial charge in [-0.1, -0.05) is 0 Å². The zero-order valence-electron chi connectivity index (χ0n) is 14.4. The first-order chi connectivity index (χ1) is 12.0. The van der Waals surface area contributed by atoms with Crippen molar-refractivity contribution in [1.29, 1.82) is 0 Å². The smallest absolute Gasteiger partial charge is 0.248 e. The van der Waals surface area contributed by atoms with Crippen molar-refractivity contribution in [1.82, 2.24) is 9.62 Å². The normalized spacial score (nSPS) is 18.4. The predicted molar refractivity (Wildman–Crippen MR) is 91.0 cm³/mol. The number of ether oxygens (including phenoxy) is 3. The fraction of sp³-hybridized carbons (Fsp3) is 0.562. The molecule has 0 spiro atoms. The summed E-state index contributed by atoms with van der Waals surface area (Å²) in [6, 6.07) is 6.20. The zero-order valence-corrected chi connectivity index (χ0v) is 15.3. The Kier molecular flexibility index (Phi) is 7.18. The quantitative estimate of drug-likeness (QED) is 0.667. The van der Waals surface area contributed by atoms with E-state index in [2.05, 4.69) is 4.72 Å². The van der Waals surface area contributed by atoms with E-state index in [0.717, 1.165) is 0 Å². The monoisotopic (exact) mass is 372 g/mol. The number of hydrogen-bond acceptors (Lipinski definition) is 6. The Morgan fingerprint density at radius 2 is 2.04 bits per heavy atom. The number of benzene rings is 1. The van der Waals surface area contributed by atoms with Gasteiger partial charge < -0.3 is 19.1 Å². The van der Waals surface area contributed by atoms with Crippen molar-refractivity contribution in [2.24, 2.45) is 0 Å². The summed E-state index contributed by atoms with van der Waals surface area (Å²) in [5.41, 5.74) is 0. The highest BCUT2D eigenvalue weighted by molar-refractivity contribution is 7.89. The van der Waals surface area contributed by atoms with E-state index in [1.165, 1.54) is 12.1 Å². The minimum atomic E-state index is -3.65. The summed E-state index contributed by atoms with van der Waals surface area (Å²) in [6.07, 6.45) is -0.396. The molecule has 1 N–H and O–H groups in total. The molecule has 1 fully saturated rings. The number of nitrogens with zero attached hydrogens (tertiary/aromatic N) is 1. The molecule has 1 amide bonds. The molecule has 1 unspecified atom stereocenters. The lowest BCUT2D eigenvalue weighted by atomic mass is 10.2. The molecule has 1 heterocycles. The minimum Gasteiger partial charge on any atom is -0.494 e. The SMILES string of the molecule is CCOc1ccc(S(=O)(=O)NCC2CN(CCOC)C(=O)CO2)cc1. The fourth-order valence-corrected chi connectivity index (χ4v) is 3.46. The van der Waals surface area contributed by atoms with Gasteiger partial charge in [-0.3, -0.25) is 4.79 Å². The van der Waals surface area contributed by atoms with Crippen LogP contribution in [0.1, 0.15) is 6.92 Å². The Balaban J connectivity index is 1.91. The van der Waals surface area contributed by atoms with Crippen molar-refractivity contribution < 1.29 is 27.4 Å². The van der Waals surface area contributed by atoms with Gasteiger partial charge in [-0.25, -0.2) is 13.1 Å². The van der Waals surface area contributed by atoms with E-state index in [1.54, 1.807) is 24.1 Å². The molecule has 140 valence electrons. The van der Waals surface area contributed by atoms with Crippen LogP contribution in [0.4, 0.5) is 0 Å². The van der Waals surface area contributed by atoms with Gasteiger partial charge in [-0.15, -0.1) is 0 Å². The van der Waals surface area contributed by atoms with Crippen molar-refractivity contribution in [3.63, 3.8) is 0 Å². The van der Waals surface area contributed by atoms with Crippen LogP contribution in [0.2, 0.25) is 0 Å². The van der Waals surface area contributed by atoms with Crippen molar-refractivity contribution in [2.45, 2.75) is 17.9 Å². The molecule has 1 aromatic carbocycles. The van der Waals surface area contributed by atoms with Gasteiger partial charge >= 0.3 is 0 Å². The van der Waals surface area contributed by atoms with Gasteiger partial charge in [0.15, 0.2) is 0 Å². The Bertz CT molecular complexity index is 662. The van der Waals surface area contributed by atoms with E-state index in [-0.39, 0.29) is 24.0 Å². The second-order valence-electron chi connectivity index (χ2n) is 5.52. The van der Waals surface area contributed by atoms with E-state index in [9.17, 15) is 13.2 Å². The van der Waals surface area contributed by atoms with Crippen LogP contribution in [0.3, 0.4) is 0 Å². The molecule has 1 aliphatic rings. The lowest BCUT2D eigenvalue weighted by Crippen LogP contribution is -2.51. The summed E-state index contributed by atoms with van der Waals surface area (Å²) in [5, 5.41) is 0. The van der Waals surface area contributed by atoms with Gasteiger partial charge in [-0.2, -0.15) is 0 Å². The Morgan fingerprint density at radius 3 is 2.68 bits per heavy atom. The van der Waals surface area contributed by atoms with Crippen LogP contribution in [-0.2, 0) is 24.3 Å². The number of hydrogen-bond donors (Lipinski definition) is 1. The molecule has 0 aromatic heterocycles. The van der Waals surface area contributed by atoms with Gasteiger partial charge in [0, 0.05) is 26.7 Å². The largest absolute Gasteiger partial charge is 0.494 e. The summed E-state index contributed by atoms with van der Waals surface area (Å²) in [4.78, 5) is 13.5. The number of nitrogens with one attached hydrogen (secondary N) is 1. The highest BCUT2D eigenvalue weighted by Crippen LogP contribution is 2.16. The third kappa shape index (κ3) is 5.67. The average molecular weight is 372 g/mol. The van der Waals surface area contributed by atoms with Gasteiger partial charge in [-0.05, 0) is 31.2 Å². The van der Waals surface area contributed by atoms with Crippen molar-refractivity contribution in [2.75, 3.05) is 46.6 Å². The summed E-state index contributed by atoms with van der Waals surface area (Å²) in [5.74, 6) is 0.493. The molecular weight excluding hydrogens is 348 g/mol. The van der Waals surface area contributed by atoms with Crippen LogP contribution in [0.25, 0.3) is 0 Å². The van der Waals surface area contributed by atoms with Crippen LogP contribution in [0.15, 0.2) is 29.2 Å². The highest BCUT2D eigenvalue weighted by Gasteiger charge is 2.27. The van der Waals surface area contributed by atoms with E-state index >= 15 is 0 Å². The molecule has 1 saturated heterocycles. The van der Waals surface area contributed by atoms with Crippen molar-refractivity contribution >= 4 is 15.9 Å². The van der Waals surface area contributed by atoms with E-state index < -0.39 is 16.1 Å². The fourth-order valence-electron chi connectivity index (χ4n) is 2.39. The summed E-state index contributed by atoms with van der Waals surface area (Å²) >= 11 is 0. The predicted octanol–water partition coefficient (Wildman–Crippen LogP) is 0.237. The zero-order chi connectivity index (χ0) is 18.3. The standard InChI is InChI=1S/C16H24N2O6S/c1-3-23-13-4-6-15(7-5-13)25(20,21)17-10-14-11-18(8-9-22-2)16(19)12-24-14/h4-7,14,17H,3,8-12H2,1-2H3. The van der Waals surface area contributed by atoms with Crippen molar-refractivity contribution in [3.8, 4) is 5.75 Å². The van der Waals surface area contributed by atoms with Gasteiger partial charge in [0.25, 0.3) is 0 Å². The maximum absolute atomic E-state index is 12.4. The van der Waals surface area contributed by atoms with Crippen molar-refractivity contribution in [3.05, 3.63) is 24.3 Å². The van der Waals surface area contributed by atoms with Crippen LogP contribution in [-0.4, -0.2) is 71.9 Å². The van der Waals surface area contributed by atoms with Crippen LogP contribution in [0.5, 0.6) is 5.75 Å². The number of methoxy groups -OCH3 is 1. The second kappa shape index (κ2) is 9.14. The lowest BCUT2D eigenvalue weighted by molar-refractivity contribution is -0.149. The van der Waals surface area contributed by atoms with Crippen LogP contribution in [0, 0.1) is 0 Å². The van der Waals surface area contributed by atoms with Crippen LogP contribution < -0.4 is 9.46 Å². The third-order valence-electron chi connectivity index (χ3n) is 3.73. The van der Waals surface area contributed by atoms with Crippen LogP contribution >= 0.6 is 0 Å². The minimum absolute atomic E-state index is 0.0564. The Labute approximate surface area is 148 Å². The van der Waals surface area contributed by atoms with Gasteiger partial charge in [0.05, 0.1) is 24.2 Å². The van der Waals surface area contributed by atoms with E-state index in [0.29, 0.717) is 32.1 Å². The molecule has 0 radical (unpaired) electrons. The maximum atomic E-state index is 12.4. The molecule has 0 bridgehead atoms. The summed E-state index contributed by atoms with van der Waals surface area (Å²) in [6.45, 7) is 3.62. The molecule has 1 aliphatic heterocycles.